The third-order valence-electron chi connectivity index (χ3n) is 17.0. The van der Waals surface area contributed by atoms with Gasteiger partial charge in [0, 0.05) is 10.8 Å². The van der Waals surface area contributed by atoms with Crippen LogP contribution in [0.3, 0.4) is 0 Å². The molecule has 0 saturated heterocycles. The highest BCUT2D eigenvalue weighted by molar-refractivity contribution is 6.10. The van der Waals surface area contributed by atoms with Gasteiger partial charge in [-0.1, -0.05) is 159 Å². The van der Waals surface area contributed by atoms with Crippen molar-refractivity contribution in [2.75, 3.05) is 0 Å². The van der Waals surface area contributed by atoms with Gasteiger partial charge < -0.3 is 0 Å². The Morgan fingerprint density at radius 3 is 1.68 bits per heavy atom. The summed E-state index contributed by atoms with van der Waals surface area (Å²) < 4.78 is 0. The van der Waals surface area contributed by atoms with Crippen LogP contribution in [0.2, 0.25) is 0 Å². The van der Waals surface area contributed by atoms with Crippen LogP contribution in [0.5, 0.6) is 0 Å². The molecule has 63 heavy (non-hydrogen) atoms. The Morgan fingerprint density at radius 1 is 0.349 bits per heavy atom. The Balaban J connectivity index is 1.11. The predicted octanol–water partition coefficient (Wildman–Crippen LogP) is 16.7. The first kappa shape index (κ1) is 36.0. The second-order valence-electron chi connectivity index (χ2n) is 20.4. The summed E-state index contributed by atoms with van der Waals surface area (Å²) in [5.41, 5.74) is 22.1. The molecule has 0 heterocycles. The van der Waals surface area contributed by atoms with Crippen molar-refractivity contribution in [3.8, 4) is 66.8 Å². The molecule has 15 rings (SSSR count). The lowest BCUT2D eigenvalue weighted by molar-refractivity contribution is -0.0393. The van der Waals surface area contributed by atoms with Crippen LogP contribution in [0.25, 0.3) is 88.3 Å². The van der Waals surface area contributed by atoms with Gasteiger partial charge in [0.25, 0.3) is 0 Å². The van der Waals surface area contributed by atoms with Gasteiger partial charge >= 0.3 is 0 Å². The fraction of sp³-hybridized carbons (Fsp3) is 0.206. The molecule has 0 aliphatic heterocycles. The van der Waals surface area contributed by atoms with Crippen molar-refractivity contribution in [2.45, 2.75) is 56.8 Å². The first-order valence-electron chi connectivity index (χ1n) is 23.6. The highest BCUT2D eigenvalue weighted by Crippen LogP contribution is 2.71. The monoisotopic (exact) mass is 806 g/mol. The minimum Gasteiger partial charge on any atom is -0.0622 e. The van der Waals surface area contributed by atoms with Crippen LogP contribution >= 0.6 is 0 Å². The van der Waals surface area contributed by atoms with E-state index >= 15 is 0 Å². The molecule has 6 aliphatic rings. The zero-order valence-electron chi connectivity index (χ0n) is 36.2. The molecule has 0 nitrogen and oxygen atoms in total. The summed E-state index contributed by atoms with van der Waals surface area (Å²) in [6, 6.07) is 70.1. The maximum Gasteiger partial charge on any atom is 0.0278 e. The number of fused-ring (bicyclic) bond motifs is 9. The van der Waals surface area contributed by atoms with E-state index in [4.69, 9.17) is 0 Å². The number of rotatable bonds is 4. The fourth-order valence-electron chi connectivity index (χ4n) is 14.6. The summed E-state index contributed by atoms with van der Waals surface area (Å²) in [6.45, 7) is 4.94. The Hall–Kier alpha value is -6.50. The molecule has 0 atom stereocenters. The fourth-order valence-corrected chi connectivity index (χ4v) is 14.6. The van der Waals surface area contributed by atoms with Crippen LogP contribution in [-0.2, 0) is 10.8 Å². The summed E-state index contributed by atoms with van der Waals surface area (Å²) in [5, 5.41) is 5.47. The molecule has 0 N–H and O–H groups in total. The topological polar surface area (TPSA) is 0 Å². The van der Waals surface area contributed by atoms with E-state index in [1.807, 2.05) is 0 Å². The molecule has 4 saturated carbocycles. The van der Waals surface area contributed by atoms with E-state index in [0.29, 0.717) is 11.8 Å². The van der Waals surface area contributed by atoms with Gasteiger partial charge in [-0.25, -0.2) is 0 Å². The molecular weight excluding hydrogens is 757 g/mol. The molecule has 1 spiro atoms. The second kappa shape index (κ2) is 13.0. The highest BCUT2D eigenvalue weighted by atomic mass is 14.7. The van der Waals surface area contributed by atoms with Gasteiger partial charge in [0.1, 0.15) is 0 Å². The van der Waals surface area contributed by atoms with Crippen molar-refractivity contribution >= 4 is 21.5 Å². The second-order valence-corrected chi connectivity index (χ2v) is 20.4. The summed E-state index contributed by atoms with van der Waals surface area (Å²) in [7, 11) is 0. The van der Waals surface area contributed by atoms with Gasteiger partial charge in [-0.05, 0) is 203 Å². The Kier molecular flexibility index (Phi) is 7.45. The van der Waals surface area contributed by atoms with Gasteiger partial charge in [0.15, 0.2) is 0 Å². The van der Waals surface area contributed by atoms with Crippen molar-refractivity contribution in [1.82, 2.24) is 0 Å². The molecule has 6 aliphatic carbocycles. The maximum atomic E-state index is 2.61. The summed E-state index contributed by atoms with van der Waals surface area (Å²) in [5.74, 6) is 3.16. The summed E-state index contributed by atoms with van der Waals surface area (Å²) in [6.07, 6.45) is 6.96. The van der Waals surface area contributed by atoms with Gasteiger partial charge in [-0.15, -0.1) is 0 Å². The van der Waals surface area contributed by atoms with Crippen molar-refractivity contribution in [1.29, 1.82) is 0 Å². The third-order valence-corrected chi connectivity index (χ3v) is 17.0. The average Bonchev–Trinajstić information content (AvgIpc) is 3.75. The van der Waals surface area contributed by atoms with E-state index in [0.717, 1.165) is 11.8 Å². The Bertz CT molecular complexity index is 3340. The lowest BCUT2D eigenvalue weighted by Gasteiger charge is -2.61. The average molecular weight is 807 g/mol. The molecule has 0 aromatic heterocycles. The van der Waals surface area contributed by atoms with Crippen LogP contribution in [0.15, 0.2) is 182 Å². The Morgan fingerprint density at radius 2 is 0.937 bits per heavy atom. The molecule has 302 valence electrons. The molecular formula is C63H50. The highest BCUT2D eigenvalue weighted by Gasteiger charge is 2.62. The first-order chi connectivity index (χ1) is 30.9. The van der Waals surface area contributed by atoms with Crippen molar-refractivity contribution in [3.63, 3.8) is 0 Å². The molecule has 0 radical (unpaired) electrons. The quantitative estimate of drug-likeness (QED) is 0.166. The molecule has 0 heteroatoms. The SMILES string of the molecule is CC1(C)c2cc3ccccc3cc2-c2c(-c3cc4ccccc4c4c3-c3ccccc3C43C4CC5CC(C4)CC3C5)cc(-c3ccc(-c4ccccc4)cc3-c3ccccc3)cc21. The molecule has 9 aromatic carbocycles. The molecule has 0 unspecified atom stereocenters. The smallest absolute Gasteiger partial charge is 0.0278 e. The lowest BCUT2D eigenvalue weighted by Crippen LogP contribution is -2.55. The van der Waals surface area contributed by atoms with Crippen LogP contribution < -0.4 is 0 Å². The van der Waals surface area contributed by atoms with Crippen LogP contribution in [0.1, 0.15) is 68.2 Å². The molecule has 4 bridgehead atoms. The maximum absolute atomic E-state index is 2.61. The van der Waals surface area contributed by atoms with Crippen molar-refractivity contribution < 1.29 is 0 Å². The van der Waals surface area contributed by atoms with Crippen molar-refractivity contribution in [3.05, 3.63) is 204 Å². The van der Waals surface area contributed by atoms with Gasteiger partial charge in [0.2, 0.25) is 0 Å². The largest absolute Gasteiger partial charge is 0.0622 e. The van der Waals surface area contributed by atoms with Gasteiger partial charge in [-0.3, -0.25) is 0 Å². The first-order valence-corrected chi connectivity index (χ1v) is 23.6. The van der Waals surface area contributed by atoms with Gasteiger partial charge in [-0.2, -0.15) is 0 Å². The van der Waals surface area contributed by atoms with Crippen molar-refractivity contribution in [2.24, 2.45) is 23.7 Å². The Labute approximate surface area is 371 Å². The van der Waals surface area contributed by atoms with Crippen LogP contribution in [0, 0.1) is 23.7 Å². The zero-order valence-corrected chi connectivity index (χ0v) is 36.2. The normalized spacial score (nSPS) is 23.0. The van der Waals surface area contributed by atoms with E-state index in [1.165, 1.54) is 132 Å². The standard InChI is InChI=1S/C63H50/c1-62(2)57-36-43-20-10-9-19-42(43)33-55(57)59-53(35-46(37-58(59)62)49-26-25-44(40-15-5-3-6-16-40)32-52(49)41-17-7-4-8-18-41)54-34-45-21-11-12-22-50(45)61-60(54)51-23-13-14-24-56(51)63(61)47-28-38-27-39(30-47)31-48(63)29-38/h3-26,32-39,47-48H,27-31H2,1-2H3. The van der Waals surface area contributed by atoms with E-state index in [-0.39, 0.29) is 10.8 Å². The minimum absolute atomic E-state index is 0.0525. The predicted molar refractivity (Wildman–Crippen MR) is 264 cm³/mol. The third kappa shape index (κ3) is 4.93. The summed E-state index contributed by atoms with van der Waals surface area (Å²) in [4.78, 5) is 0. The number of benzene rings is 9. The van der Waals surface area contributed by atoms with E-state index < -0.39 is 0 Å². The summed E-state index contributed by atoms with van der Waals surface area (Å²) >= 11 is 0. The molecule has 9 aromatic rings. The molecule has 4 fully saturated rings. The van der Waals surface area contributed by atoms with E-state index in [2.05, 4.69) is 196 Å². The van der Waals surface area contributed by atoms with E-state index in [9.17, 15) is 0 Å². The van der Waals surface area contributed by atoms with E-state index in [1.54, 1.807) is 11.1 Å². The molecule has 0 amide bonds. The minimum atomic E-state index is -0.211. The number of hydrogen-bond acceptors (Lipinski definition) is 0. The number of hydrogen-bond donors (Lipinski definition) is 0. The van der Waals surface area contributed by atoms with Crippen LogP contribution in [0.4, 0.5) is 0 Å². The van der Waals surface area contributed by atoms with Crippen LogP contribution in [-0.4, -0.2) is 0 Å². The zero-order chi connectivity index (χ0) is 41.6. The lowest BCUT2D eigenvalue weighted by atomic mass is 9.43. The van der Waals surface area contributed by atoms with Gasteiger partial charge in [0.05, 0.1) is 0 Å².